The molecule has 0 saturated carbocycles. The summed E-state index contributed by atoms with van der Waals surface area (Å²) in [6.45, 7) is 0.683. The smallest absolute Gasteiger partial charge is 0.249 e. The van der Waals surface area contributed by atoms with Crippen LogP contribution in [0.25, 0.3) is 17.5 Å². The average Bonchev–Trinajstić information content (AvgIpc) is 3.28. The van der Waals surface area contributed by atoms with Gasteiger partial charge in [0.05, 0.1) is 7.11 Å². The van der Waals surface area contributed by atoms with Crippen molar-refractivity contribution in [1.29, 1.82) is 0 Å². The van der Waals surface area contributed by atoms with E-state index >= 15 is 0 Å². The van der Waals surface area contributed by atoms with Crippen LogP contribution in [0.15, 0.2) is 65.2 Å². The molecule has 6 nitrogen and oxygen atoms in total. The SMILES string of the molecule is COc1ccc(-c2noc(C3CCCCN3C(=O)/C=C/c3ccccc3)n2)cc1. The lowest BCUT2D eigenvalue weighted by Crippen LogP contribution is -2.37. The molecule has 3 aromatic rings. The van der Waals surface area contributed by atoms with Gasteiger partial charge in [0.2, 0.25) is 17.6 Å². The number of methoxy groups -OCH3 is 1. The maximum atomic E-state index is 12.8. The lowest BCUT2D eigenvalue weighted by molar-refractivity contribution is -0.130. The van der Waals surface area contributed by atoms with Crippen molar-refractivity contribution < 1.29 is 14.1 Å². The van der Waals surface area contributed by atoms with E-state index in [-0.39, 0.29) is 11.9 Å². The highest BCUT2D eigenvalue weighted by Gasteiger charge is 2.31. The van der Waals surface area contributed by atoms with Crippen LogP contribution in [0.1, 0.15) is 36.8 Å². The molecule has 1 fully saturated rings. The fraction of sp³-hybridized carbons (Fsp3) is 0.261. The fourth-order valence-electron chi connectivity index (χ4n) is 3.51. The number of ether oxygens (including phenoxy) is 1. The Hall–Kier alpha value is -3.41. The minimum atomic E-state index is -0.198. The summed E-state index contributed by atoms with van der Waals surface area (Å²) in [5.41, 5.74) is 1.84. The van der Waals surface area contributed by atoms with E-state index in [1.54, 1.807) is 13.2 Å². The fourth-order valence-corrected chi connectivity index (χ4v) is 3.51. The Morgan fingerprint density at radius 1 is 1.14 bits per heavy atom. The molecule has 1 saturated heterocycles. The number of nitrogens with zero attached hydrogens (tertiary/aromatic N) is 3. The first-order chi connectivity index (χ1) is 14.2. The molecule has 6 heteroatoms. The Morgan fingerprint density at radius 3 is 2.69 bits per heavy atom. The largest absolute Gasteiger partial charge is 0.497 e. The van der Waals surface area contributed by atoms with Gasteiger partial charge < -0.3 is 14.2 Å². The third kappa shape index (κ3) is 4.37. The summed E-state index contributed by atoms with van der Waals surface area (Å²) in [4.78, 5) is 19.2. The van der Waals surface area contributed by atoms with Crippen LogP contribution in [0.5, 0.6) is 5.75 Å². The van der Waals surface area contributed by atoms with Crippen LogP contribution in [-0.4, -0.2) is 34.6 Å². The number of hydrogen-bond acceptors (Lipinski definition) is 5. The molecule has 0 aliphatic carbocycles. The van der Waals surface area contributed by atoms with E-state index in [0.29, 0.717) is 18.3 Å². The second-order valence-electron chi connectivity index (χ2n) is 6.97. The highest BCUT2D eigenvalue weighted by Crippen LogP contribution is 2.31. The number of hydrogen-bond donors (Lipinski definition) is 0. The van der Waals surface area contributed by atoms with Crippen LogP contribution in [0.3, 0.4) is 0 Å². The number of rotatable bonds is 5. The first-order valence-electron chi connectivity index (χ1n) is 9.76. The van der Waals surface area contributed by atoms with Gasteiger partial charge in [0.1, 0.15) is 11.8 Å². The van der Waals surface area contributed by atoms with Crippen LogP contribution >= 0.6 is 0 Å². The van der Waals surface area contributed by atoms with Gasteiger partial charge in [-0.15, -0.1) is 0 Å². The highest BCUT2D eigenvalue weighted by atomic mass is 16.5. The number of amides is 1. The molecule has 29 heavy (non-hydrogen) atoms. The van der Waals surface area contributed by atoms with Crippen molar-refractivity contribution in [3.8, 4) is 17.1 Å². The molecule has 0 spiro atoms. The third-order valence-electron chi connectivity index (χ3n) is 5.08. The van der Waals surface area contributed by atoms with Gasteiger partial charge in [0.25, 0.3) is 0 Å². The monoisotopic (exact) mass is 389 g/mol. The van der Waals surface area contributed by atoms with E-state index < -0.39 is 0 Å². The van der Waals surface area contributed by atoms with Gasteiger partial charge >= 0.3 is 0 Å². The van der Waals surface area contributed by atoms with Crippen molar-refractivity contribution in [3.05, 3.63) is 72.1 Å². The second kappa shape index (κ2) is 8.73. The van der Waals surface area contributed by atoms with Crippen molar-refractivity contribution in [2.45, 2.75) is 25.3 Å². The number of benzene rings is 2. The minimum Gasteiger partial charge on any atom is -0.497 e. The Morgan fingerprint density at radius 2 is 1.93 bits per heavy atom. The van der Waals surface area contributed by atoms with Gasteiger partial charge in [-0.05, 0) is 55.2 Å². The van der Waals surface area contributed by atoms with E-state index in [4.69, 9.17) is 9.26 Å². The van der Waals surface area contributed by atoms with Gasteiger partial charge in [-0.2, -0.15) is 4.98 Å². The second-order valence-corrected chi connectivity index (χ2v) is 6.97. The molecular formula is C23H23N3O3. The van der Waals surface area contributed by atoms with E-state index in [0.717, 1.165) is 36.1 Å². The van der Waals surface area contributed by atoms with Crippen molar-refractivity contribution in [2.75, 3.05) is 13.7 Å². The van der Waals surface area contributed by atoms with Gasteiger partial charge in [-0.1, -0.05) is 35.5 Å². The summed E-state index contributed by atoms with van der Waals surface area (Å²) in [5, 5.41) is 4.12. The quantitative estimate of drug-likeness (QED) is 0.601. The molecule has 0 radical (unpaired) electrons. The molecule has 2 heterocycles. The summed E-state index contributed by atoms with van der Waals surface area (Å²) in [6, 6.07) is 17.1. The first-order valence-corrected chi connectivity index (χ1v) is 9.76. The molecule has 1 atom stereocenters. The van der Waals surface area contributed by atoms with Crippen LogP contribution in [0.4, 0.5) is 0 Å². The molecule has 1 unspecified atom stereocenters. The number of likely N-dealkylation sites (tertiary alicyclic amines) is 1. The zero-order valence-corrected chi connectivity index (χ0v) is 16.3. The summed E-state index contributed by atoms with van der Waals surface area (Å²) in [7, 11) is 1.63. The predicted octanol–water partition coefficient (Wildman–Crippen LogP) is 4.51. The number of aromatic nitrogens is 2. The third-order valence-corrected chi connectivity index (χ3v) is 5.08. The molecule has 4 rings (SSSR count). The number of piperidine rings is 1. The minimum absolute atomic E-state index is 0.0391. The van der Waals surface area contributed by atoms with Gasteiger partial charge in [-0.25, -0.2) is 0 Å². The molecule has 1 aliphatic rings. The molecule has 1 amide bonds. The summed E-state index contributed by atoms with van der Waals surface area (Å²) >= 11 is 0. The van der Waals surface area contributed by atoms with E-state index in [1.807, 2.05) is 65.6 Å². The van der Waals surface area contributed by atoms with E-state index in [1.165, 1.54) is 0 Å². The van der Waals surface area contributed by atoms with Crippen LogP contribution in [0.2, 0.25) is 0 Å². The standard InChI is InChI=1S/C23H23N3O3/c1-28-19-13-11-18(12-14-19)22-24-23(29-25-22)20-9-5-6-16-26(20)21(27)15-10-17-7-3-2-4-8-17/h2-4,7-8,10-15,20H,5-6,9,16H2,1H3/b15-10+. The van der Waals surface area contributed by atoms with Crippen molar-refractivity contribution in [3.63, 3.8) is 0 Å². The van der Waals surface area contributed by atoms with Crippen LogP contribution in [-0.2, 0) is 4.79 Å². The highest BCUT2D eigenvalue weighted by molar-refractivity contribution is 5.92. The molecule has 1 aliphatic heterocycles. The Kier molecular flexibility index (Phi) is 5.70. The first kappa shape index (κ1) is 18.9. The lowest BCUT2D eigenvalue weighted by Gasteiger charge is -2.32. The zero-order valence-electron chi connectivity index (χ0n) is 16.3. The molecule has 148 valence electrons. The summed E-state index contributed by atoms with van der Waals surface area (Å²) in [5.74, 6) is 1.73. The van der Waals surface area contributed by atoms with Crippen LogP contribution < -0.4 is 4.74 Å². The van der Waals surface area contributed by atoms with E-state index in [2.05, 4.69) is 10.1 Å². The Bertz CT molecular complexity index is 980. The van der Waals surface area contributed by atoms with Gasteiger partial charge in [0, 0.05) is 18.2 Å². The number of carbonyl (C=O) groups excluding carboxylic acids is 1. The predicted molar refractivity (Wildman–Crippen MR) is 110 cm³/mol. The molecule has 1 aromatic heterocycles. The topological polar surface area (TPSA) is 68.5 Å². The molecular weight excluding hydrogens is 366 g/mol. The Balaban J connectivity index is 1.52. The van der Waals surface area contributed by atoms with Gasteiger partial charge in [0.15, 0.2) is 0 Å². The maximum absolute atomic E-state index is 12.8. The lowest BCUT2D eigenvalue weighted by atomic mass is 10.0. The molecule has 2 aromatic carbocycles. The summed E-state index contributed by atoms with van der Waals surface area (Å²) in [6.07, 6.45) is 6.27. The van der Waals surface area contributed by atoms with Crippen molar-refractivity contribution >= 4 is 12.0 Å². The maximum Gasteiger partial charge on any atom is 0.249 e. The molecule has 0 bridgehead atoms. The number of carbonyl (C=O) groups is 1. The molecule has 0 N–H and O–H groups in total. The average molecular weight is 389 g/mol. The zero-order chi connectivity index (χ0) is 20.1. The van der Waals surface area contributed by atoms with Gasteiger partial charge in [-0.3, -0.25) is 4.79 Å². The van der Waals surface area contributed by atoms with Crippen LogP contribution in [0, 0.1) is 0 Å². The van der Waals surface area contributed by atoms with E-state index in [9.17, 15) is 4.79 Å². The summed E-state index contributed by atoms with van der Waals surface area (Å²) < 4.78 is 10.7. The normalized spacial score (nSPS) is 16.9. The van der Waals surface area contributed by atoms with Crippen molar-refractivity contribution in [2.24, 2.45) is 0 Å². The van der Waals surface area contributed by atoms with Crippen molar-refractivity contribution in [1.82, 2.24) is 15.0 Å². The Labute approximate surface area is 169 Å².